The van der Waals surface area contributed by atoms with Gasteiger partial charge >= 0.3 is 10.8 Å². The highest BCUT2D eigenvalue weighted by Gasteiger charge is 2.56. The number of hydrogen-bond acceptors (Lipinski definition) is 12. The van der Waals surface area contributed by atoms with Crippen LogP contribution in [0.25, 0.3) is 0 Å². The third-order valence-electron chi connectivity index (χ3n) is 7.73. The number of nitro groups is 1. The summed E-state index contributed by atoms with van der Waals surface area (Å²) in [6.45, 7) is 1.58. The van der Waals surface area contributed by atoms with Crippen LogP contribution < -0.4 is 24.6 Å². The number of non-ortho nitro benzene ring substituents is 1. The number of aromatic amines is 1. The number of hydrogen-bond donors (Lipinski definition) is 2. The van der Waals surface area contributed by atoms with Gasteiger partial charge in [0.05, 0.1) is 40.8 Å². The molecule has 2 aliphatic heterocycles. The zero-order chi connectivity index (χ0) is 34.1. The van der Waals surface area contributed by atoms with Gasteiger partial charge in [-0.1, -0.05) is 29.2 Å². The number of thioether (sulfide) groups is 1. The molecule has 2 N–H and O–H groups in total. The van der Waals surface area contributed by atoms with Crippen LogP contribution in [0.4, 0.5) is 17.1 Å². The summed E-state index contributed by atoms with van der Waals surface area (Å²) in [5.41, 5.74) is 1.39. The molecule has 1 aromatic heterocycles. The fraction of sp³-hybridized carbons (Fsp3) is 0.219. The Kier molecular flexibility index (Phi) is 9.01. The standard InChI is InChI=1S/C32H26N4O10S2/c1-3-45-31(40)16-4-7-18(8-5-16)33-23(37)15-46-21-13-6-17(14-22(21)44-2)24-25-27(47-28-26(24)48-32(41)34-28)30(39)35(29(25)38)19-9-11-20(12-10-19)36(42)43/h4-14,24-25,27H,3,15H2,1-2H3,(H,33,37)(H,34,41). The molecule has 0 radical (unpaired) electrons. The topological polar surface area (TPSA) is 187 Å². The van der Waals surface area contributed by atoms with Crippen molar-refractivity contribution in [1.82, 2.24) is 4.98 Å². The third kappa shape index (κ3) is 6.14. The van der Waals surface area contributed by atoms with E-state index < -0.39 is 45.7 Å². The van der Waals surface area contributed by atoms with E-state index in [0.29, 0.717) is 26.7 Å². The van der Waals surface area contributed by atoms with E-state index >= 15 is 0 Å². The number of rotatable bonds is 10. The molecule has 6 rings (SSSR count). The Morgan fingerprint density at radius 3 is 2.40 bits per heavy atom. The second-order valence-electron chi connectivity index (χ2n) is 10.6. The molecule has 16 heteroatoms. The molecule has 0 saturated carbocycles. The highest BCUT2D eigenvalue weighted by atomic mass is 32.2. The van der Waals surface area contributed by atoms with E-state index in [9.17, 15) is 34.1 Å². The molecular formula is C32H26N4O10S2. The molecule has 1 saturated heterocycles. The number of ether oxygens (including phenoxy) is 3. The van der Waals surface area contributed by atoms with Gasteiger partial charge in [-0.2, -0.15) is 0 Å². The smallest absolute Gasteiger partial charge is 0.338 e. The Morgan fingerprint density at radius 1 is 1.00 bits per heavy atom. The largest absolute Gasteiger partial charge is 0.493 e. The Labute approximate surface area is 280 Å². The highest BCUT2D eigenvalue weighted by Crippen LogP contribution is 2.53. The van der Waals surface area contributed by atoms with Crippen LogP contribution in [0, 0.1) is 16.0 Å². The number of nitrogens with one attached hydrogen (secondary N) is 2. The molecule has 2 aliphatic rings. The second kappa shape index (κ2) is 13.3. The van der Waals surface area contributed by atoms with Gasteiger partial charge in [0.2, 0.25) is 11.8 Å². The predicted molar refractivity (Wildman–Crippen MR) is 175 cm³/mol. The third-order valence-corrected chi connectivity index (χ3v) is 10.1. The molecule has 3 aromatic carbocycles. The summed E-state index contributed by atoms with van der Waals surface area (Å²) in [4.78, 5) is 79.2. The average molecular weight is 691 g/mol. The number of aromatic nitrogens is 1. The summed E-state index contributed by atoms with van der Waals surface area (Å²) in [5, 5.41) is 13.4. The summed E-state index contributed by atoms with van der Waals surface area (Å²) >= 11 is 2.05. The SMILES string of the molecule is CCOC(=O)c1ccc(NC(=O)COc2ccc(C3c4sc(=O)[nH]c4SC4C(=O)N(c5ccc([N+](=O)[O-])cc5)C(=O)C43)cc2OC)cc1. The molecule has 3 atom stereocenters. The number of esters is 1. The lowest BCUT2D eigenvalue weighted by Gasteiger charge is -2.30. The second-order valence-corrected chi connectivity index (χ2v) is 12.7. The molecule has 0 bridgehead atoms. The van der Waals surface area contributed by atoms with Crippen LogP contribution >= 0.6 is 23.1 Å². The number of methoxy groups -OCH3 is 1. The number of imide groups is 1. The van der Waals surface area contributed by atoms with Crippen molar-refractivity contribution in [2.75, 3.05) is 30.5 Å². The molecular weight excluding hydrogens is 665 g/mol. The van der Waals surface area contributed by atoms with Gasteiger partial charge in [-0.25, -0.2) is 9.69 Å². The fourth-order valence-electron chi connectivity index (χ4n) is 5.60. The summed E-state index contributed by atoms with van der Waals surface area (Å²) in [6.07, 6.45) is 0. The van der Waals surface area contributed by atoms with Gasteiger partial charge in [0, 0.05) is 28.6 Å². The Morgan fingerprint density at radius 2 is 1.73 bits per heavy atom. The van der Waals surface area contributed by atoms with Crippen LogP contribution in [0.3, 0.4) is 0 Å². The summed E-state index contributed by atoms with van der Waals surface area (Å²) in [6, 6.07) is 16.3. The first-order chi connectivity index (χ1) is 23.1. The summed E-state index contributed by atoms with van der Waals surface area (Å²) in [7, 11) is 1.41. The van der Waals surface area contributed by atoms with E-state index in [1.807, 2.05) is 0 Å². The first kappa shape index (κ1) is 32.5. The Bertz CT molecular complexity index is 1990. The number of amides is 3. The monoisotopic (exact) mass is 690 g/mol. The minimum atomic E-state index is -0.894. The van der Waals surface area contributed by atoms with Crippen LogP contribution in [-0.2, 0) is 19.1 Å². The number of fused-ring (bicyclic) bond motifs is 2. The molecule has 4 aromatic rings. The van der Waals surface area contributed by atoms with Gasteiger partial charge in [-0.15, -0.1) is 0 Å². The Hall–Kier alpha value is -5.48. The molecule has 0 aliphatic carbocycles. The van der Waals surface area contributed by atoms with Gasteiger partial charge in [0.25, 0.3) is 11.6 Å². The molecule has 1 fully saturated rings. The maximum atomic E-state index is 14.0. The van der Waals surface area contributed by atoms with Crippen LogP contribution in [0.5, 0.6) is 11.5 Å². The lowest BCUT2D eigenvalue weighted by Crippen LogP contribution is -2.32. The van der Waals surface area contributed by atoms with E-state index in [0.717, 1.165) is 28.0 Å². The fourth-order valence-corrected chi connectivity index (χ4v) is 8.11. The van der Waals surface area contributed by atoms with Crippen molar-refractivity contribution in [3.05, 3.63) is 103 Å². The molecule has 0 spiro atoms. The molecule has 48 heavy (non-hydrogen) atoms. The minimum Gasteiger partial charge on any atom is -0.493 e. The van der Waals surface area contributed by atoms with Crippen molar-refractivity contribution in [1.29, 1.82) is 0 Å². The van der Waals surface area contributed by atoms with Crippen molar-refractivity contribution in [3.63, 3.8) is 0 Å². The van der Waals surface area contributed by atoms with Gasteiger partial charge in [-0.3, -0.25) is 29.3 Å². The predicted octanol–water partition coefficient (Wildman–Crippen LogP) is 4.34. The zero-order valence-corrected chi connectivity index (χ0v) is 26.9. The van der Waals surface area contributed by atoms with Gasteiger partial charge < -0.3 is 24.5 Å². The highest BCUT2D eigenvalue weighted by molar-refractivity contribution is 8.00. The summed E-state index contributed by atoms with van der Waals surface area (Å²) < 4.78 is 16.3. The first-order valence-corrected chi connectivity index (χ1v) is 16.2. The van der Waals surface area contributed by atoms with Crippen molar-refractivity contribution >= 4 is 63.9 Å². The number of nitrogens with zero attached hydrogens (tertiary/aromatic N) is 2. The number of carbonyl (C=O) groups excluding carboxylic acids is 4. The number of anilines is 2. The molecule has 3 heterocycles. The maximum Gasteiger partial charge on any atom is 0.338 e. The van der Waals surface area contributed by atoms with Crippen LogP contribution in [0.2, 0.25) is 0 Å². The van der Waals surface area contributed by atoms with E-state index in [4.69, 9.17) is 14.2 Å². The number of benzene rings is 3. The van der Waals surface area contributed by atoms with Gasteiger partial charge in [-0.05, 0) is 61.0 Å². The molecule has 3 amide bonds. The van der Waals surface area contributed by atoms with E-state index in [1.54, 1.807) is 37.3 Å². The lowest BCUT2D eigenvalue weighted by molar-refractivity contribution is -0.384. The van der Waals surface area contributed by atoms with E-state index in [-0.39, 0.29) is 41.0 Å². The van der Waals surface area contributed by atoms with Crippen molar-refractivity contribution in [2.24, 2.45) is 5.92 Å². The first-order valence-electron chi connectivity index (χ1n) is 14.5. The lowest BCUT2D eigenvalue weighted by atomic mass is 9.83. The number of nitro benzene ring substituents is 1. The number of H-pyrrole nitrogens is 1. The Balaban J connectivity index is 1.23. The molecule has 246 valence electrons. The van der Waals surface area contributed by atoms with Crippen molar-refractivity contribution in [3.8, 4) is 11.5 Å². The van der Waals surface area contributed by atoms with E-state index in [1.165, 1.54) is 43.5 Å². The van der Waals surface area contributed by atoms with Crippen LogP contribution in [0.15, 0.2) is 76.6 Å². The van der Waals surface area contributed by atoms with Crippen LogP contribution in [0.1, 0.15) is 33.6 Å². The molecule has 14 nitrogen and oxygen atoms in total. The van der Waals surface area contributed by atoms with Crippen LogP contribution in [-0.4, -0.2) is 59.2 Å². The number of thiazole rings is 1. The van der Waals surface area contributed by atoms with Gasteiger partial charge in [0.1, 0.15) is 5.25 Å². The van der Waals surface area contributed by atoms with Gasteiger partial charge in [0.15, 0.2) is 18.1 Å². The maximum absolute atomic E-state index is 14.0. The van der Waals surface area contributed by atoms with Crippen molar-refractivity contribution < 1.29 is 38.3 Å². The minimum absolute atomic E-state index is 0.182. The van der Waals surface area contributed by atoms with Crippen molar-refractivity contribution in [2.45, 2.75) is 23.1 Å². The quantitative estimate of drug-likeness (QED) is 0.104. The zero-order valence-electron chi connectivity index (χ0n) is 25.3. The normalized spacial score (nSPS) is 18.1. The molecule has 3 unspecified atom stereocenters. The number of carbonyl (C=O) groups is 4. The summed E-state index contributed by atoms with van der Waals surface area (Å²) in [5.74, 6) is -3.06. The van der Waals surface area contributed by atoms with E-state index in [2.05, 4.69) is 10.3 Å². The average Bonchev–Trinajstić information content (AvgIpc) is 3.57.